The lowest BCUT2D eigenvalue weighted by atomic mass is 10.4. The van der Waals surface area contributed by atoms with Gasteiger partial charge in [-0.3, -0.25) is 4.79 Å². The number of nitrogens with one attached hydrogen (secondary N) is 2. The van der Waals surface area contributed by atoms with Crippen LogP contribution in [0.4, 0.5) is 16.9 Å². The SMILES string of the molecule is O=C(Nc1ccon1)c1csc(Nc2ncccn2)n1. The summed E-state index contributed by atoms with van der Waals surface area (Å²) in [6.07, 6.45) is 4.60. The van der Waals surface area contributed by atoms with Crippen LogP contribution >= 0.6 is 11.3 Å². The van der Waals surface area contributed by atoms with Gasteiger partial charge in [-0.05, 0) is 6.07 Å². The average Bonchev–Trinajstić information content (AvgIpc) is 3.11. The van der Waals surface area contributed by atoms with E-state index in [0.717, 1.165) is 0 Å². The monoisotopic (exact) mass is 288 g/mol. The van der Waals surface area contributed by atoms with E-state index in [1.165, 1.54) is 17.6 Å². The molecule has 0 fully saturated rings. The van der Waals surface area contributed by atoms with Crippen LogP contribution < -0.4 is 10.6 Å². The second-order valence-electron chi connectivity index (χ2n) is 3.57. The van der Waals surface area contributed by atoms with Gasteiger partial charge in [0.05, 0.1) is 0 Å². The molecule has 0 radical (unpaired) electrons. The highest BCUT2D eigenvalue weighted by Gasteiger charge is 2.12. The zero-order valence-corrected chi connectivity index (χ0v) is 10.8. The quantitative estimate of drug-likeness (QED) is 0.755. The van der Waals surface area contributed by atoms with Crippen LogP contribution in [0.2, 0.25) is 0 Å². The Morgan fingerprint density at radius 3 is 2.90 bits per heavy atom. The van der Waals surface area contributed by atoms with E-state index < -0.39 is 0 Å². The molecule has 0 aliphatic carbocycles. The van der Waals surface area contributed by atoms with Crippen molar-refractivity contribution in [3.63, 3.8) is 0 Å². The first kappa shape index (κ1) is 12.2. The first-order valence-electron chi connectivity index (χ1n) is 5.52. The summed E-state index contributed by atoms with van der Waals surface area (Å²) in [6.45, 7) is 0. The Morgan fingerprint density at radius 1 is 1.30 bits per heavy atom. The van der Waals surface area contributed by atoms with Gasteiger partial charge in [-0.25, -0.2) is 15.0 Å². The van der Waals surface area contributed by atoms with Gasteiger partial charge in [0, 0.05) is 23.8 Å². The number of hydrogen-bond donors (Lipinski definition) is 2. The molecule has 0 aliphatic rings. The third-order valence-corrected chi connectivity index (χ3v) is 2.96. The van der Waals surface area contributed by atoms with Crippen molar-refractivity contribution in [2.24, 2.45) is 0 Å². The number of anilines is 3. The van der Waals surface area contributed by atoms with Gasteiger partial charge in [-0.2, -0.15) is 0 Å². The van der Waals surface area contributed by atoms with Crippen LogP contribution in [0.1, 0.15) is 10.5 Å². The number of amides is 1. The summed E-state index contributed by atoms with van der Waals surface area (Å²) in [7, 11) is 0. The Kier molecular flexibility index (Phi) is 3.33. The van der Waals surface area contributed by atoms with Gasteiger partial charge in [0.1, 0.15) is 12.0 Å². The predicted molar refractivity (Wildman–Crippen MR) is 71.9 cm³/mol. The fraction of sp³-hybridized carbons (Fsp3) is 0. The molecule has 0 atom stereocenters. The largest absolute Gasteiger partial charge is 0.363 e. The molecule has 0 saturated heterocycles. The lowest BCUT2D eigenvalue weighted by molar-refractivity contribution is 0.102. The molecule has 1 amide bonds. The Balaban J connectivity index is 1.69. The van der Waals surface area contributed by atoms with Gasteiger partial charge >= 0.3 is 0 Å². The molecule has 2 N–H and O–H groups in total. The van der Waals surface area contributed by atoms with E-state index in [1.54, 1.807) is 29.9 Å². The van der Waals surface area contributed by atoms with E-state index in [2.05, 4.69) is 35.3 Å². The van der Waals surface area contributed by atoms with Crippen LogP contribution in [-0.2, 0) is 0 Å². The fourth-order valence-electron chi connectivity index (χ4n) is 1.35. The lowest BCUT2D eigenvalue weighted by Gasteiger charge is -1.98. The molecule has 0 aromatic carbocycles. The highest BCUT2D eigenvalue weighted by Crippen LogP contribution is 2.19. The van der Waals surface area contributed by atoms with Crippen LogP contribution in [0.3, 0.4) is 0 Å². The number of aromatic nitrogens is 4. The molecule has 20 heavy (non-hydrogen) atoms. The smallest absolute Gasteiger partial charge is 0.276 e. The minimum atomic E-state index is -0.364. The highest BCUT2D eigenvalue weighted by atomic mass is 32.1. The van der Waals surface area contributed by atoms with E-state index in [9.17, 15) is 4.79 Å². The maximum atomic E-state index is 11.9. The molecule has 8 nitrogen and oxygen atoms in total. The van der Waals surface area contributed by atoms with E-state index in [1.807, 2.05) is 0 Å². The van der Waals surface area contributed by atoms with Gasteiger partial charge in [0.2, 0.25) is 5.95 Å². The summed E-state index contributed by atoms with van der Waals surface area (Å²) in [5, 5.41) is 11.2. The molecular formula is C11H8N6O2S. The van der Waals surface area contributed by atoms with Gasteiger partial charge < -0.3 is 15.2 Å². The molecule has 3 aromatic rings. The van der Waals surface area contributed by atoms with Gasteiger partial charge in [-0.1, -0.05) is 5.16 Å². The zero-order valence-electron chi connectivity index (χ0n) is 9.98. The first-order chi connectivity index (χ1) is 9.81. The standard InChI is InChI=1S/C11H8N6O2S/c18-9(15-8-2-5-19-17-8)7-6-20-11(14-7)16-10-12-3-1-4-13-10/h1-6H,(H,15,17,18)(H,12,13,14,16). The molecular weight excluding hydrogens is 280 g/mol. The number of hydrogen-bond acceptors (Lipinski definition) is 8. The summed E-state index contributed by atoms with van der Waals surface area (Å²) in [4.78, 5) is 24.0. The van der Waals surface area contributed by atoms with E-state index in [-0.39, 0.29) is 11.6 Å². The van der Waals surface area contributed by atoms with Gasteiger partial charge in [0.15, 0.2) is 10.9 Å². The molecule has 0 bridgehead atoms. The third-order valence-electron chi connectivity index (χ3n) is 2.20. The van der Waals surface area contributed by atoms with Crippen LogP contribution in [-0.4, -0.2) is 26.0 Å². The second kappa shape index (κ2) is 5.45. The van der Waals surface area contributed by atoms with Crippen LogP contribution in [0.25, 0.3) is 0 Å². The van der Waals surface area contributed by atoms with Crippen molar-refractivity contribution in [1.82, 2.24) is 20.1 Å². The van der Waals surface area contributed by atoms with Crippen LogP contribution in [0, 0.1) is 0 Å². The molecule has 0 spiro atoms. The number of thiazole rings is 1. The van der Waals surface area contributed by atoms with Gasteiger partial charge in [0.25, 0.3) is 5.91 Å². The van der Waals surface area contributed by atoms with Crippen molar-refractivity contribution in [2.75, 3.05) is 10.6 Å². The van der Waals surface area contributed by atoms with Crippen molar-refractivity contribution in [3.05, 3.63) is 41.9 Å². The van der Waals surface area contributed by atoms with E-state index in [0.29, 0.717) is 16.9 Å². The molecule has 9 heteroatoms. The summed E-state index contributed by atoms with van der Waals surface area (Å²) in [6, 6.07) is 3.26. The molecule has 0 aliphatic heterocycles. The molecule has 0 saturated carbocycles. The highest BCUT2D eigenvalue weighted by molar-refractivity contribution is 7.14. The summed E-state index contributed by atoms with van der Waals surface area (Å²) < 4.78 is 4.62. The summed E-state index contributed by atoms with van der Waals surface area (Å²) in [5.74, 6) is 0.395. The van der Waals surface area contributed by atoms with Crippen molar-refractivity contribution in [2.45, 2.75) is 0 Å². The topological polar surface area (TPSA) is 106 Å². The van der Waals surface area contributed by atoms with Crippen molar-refractivity contribution >= 4 is 34.1 Å². The predicted octanol–water partition coefficient (Wildman–Crippen LogP) is 1.92. The molecule has 0 unspecified atom stereocenters. The maximum absolute atomic E-state index is 11.9. The number of carbonyl (C=O) groups excluding carboxylic acids is 1. The number of rotatable bonds is 4. The minimum absolute atomic E-state index is 0.274. The van der Waals surface area contributed by atoms with E-state index >= 15 is 0 Å². The Bertz CT molecular complexity index is 697. The zero-order chi connectivity index (χ0) is 13.8. The normalized spacial score (nSPS) is 10.2. The first-order valence-corrected chi connectivity index (χ1v) is 6.40. The molecule has 3 rings (SSSR count). The Labute approximate surface area is 116 Å². The number of nitrogens with zero attached hydrogens (tertiary/aromatic N) is 4. The lowest BCUT2D eigenvalue weighted by Crippen LogP contribution is -2.12. The van der Waals surface area contributed by atoms with E-state index in [4.69, 9.17) is 0 Å². The summed E-state index contributed by atoms with van der Waals surface area (Å²) in [5.41, 5.74) is 0.274. The van der Waals surface area contributed by atoms with Gasteiger partial charge in [-0.15, -0.1) is 11.3 Å². The second-order valence-corrected chi connectivity index (χ2v) is 4.43. The number of carbonyl (C=O) groups is 1. The van der Waals surface area contributed by atoms with Crippen molar-refractivity contribution < 1.29 is 9.32 Å². The Hall–Kier alpha value is -2.81. The molecule has 100 valence electrons. The van der Waals surface area contributed by atoms with Crippen LogP contribution in [0.5, 0.6) is 0 Å². The minimum Gasteiger partial charge on any atom is -0.363 e. The summed E-state index contributed by atoms with van der Waals surface area (Å²) >= 11 is 1.28. The molecule has 3 heterocycles. The van der Waals surface area contributed by atoms with Crippen molar-refractivity contribution in [3.8, 4) is 0 Å². The third kappa shape index (κ3) is 2.78. The maximum Gasteiger partial charge on any atom is 0.276 e. The average molecular weight is 288 g/mol. The molecule has 3 aromatic heterocycles. The van der Waals surface area contributed by atoms with Crippen molar-refractivity contribution in [1.29, 1.82) is 0 Å². The van der Waals surface area contributed by atoms with Crippen LogP contribution in [0.15, 0.2) is 40.7 Å². The fourth-order valence-corrected chi connectivity index (χ4v) is 2.04. The Morgan fingerprint density at radius 2 is 2.15 bits per heavy atom.